The van der Waals surface area contributed by atoms with Crippen LogP contribution in [0.15, 0.2) is 58.4 Å². The van der Waals surface area contributed by atoms with E-state index in [2.05, 4.69) is 9.97 Å². The zero-order valence-electron chi connectivity index (χ0n) is 12.9. The number of thioether (sulfide) groups is 1. The Morgan fingerprint density at radius 1 is 1.20 bits per heavy atom. The largest absolute Gasteiger partial charge is 0.458 e. The summed E-state index contributed by atoms with van der Waals surface area (Å²) in [7, 11) is 0. The molecule has 8 heteroatoms. The zero-order valence-corrected chi connectivity index (χ0v) is 14.5. The van der Waals surface area contributed by atoms with Gasteiger partial charge in [-0.2, -0.15) is 0 Å². The number of oxazole rings is 1. The second-order valence-corrected chi connectivity index (χ2v) is 6.60. The minimum atomic E-state index is -0.359. The number of esters is 1. The maximum Gasteiger partial charge on any atom is 0.316 e. The van der Waals surface area contributed by atoms with Crippen LogP contribution in [0.25, 0.3) is 16.7 Å². The van der Waals surface area contributed by atoms with Crippen molar-refractivity contribution in [2.45, 2.75) is 11.8 Å². The summed E-state index contributed by atoms with van der Waals surface area (Å²) in [4.78, 5) is 20.6. The zero-order chi connectivity index (χ0) is 17.2. The predicted molar refractivity (Wildman–Crippen MR) is 94.7 cm³/mol. The maximum absolute atomic E-state index is 11.9. The Morgan fingerprint density at radius 2 is 2.08 bits per heavy atom. The van der Waals surface area contributed by atoms with Gasteiger partial charge < -0.3 is 13.6 Å². The third-order valence-corrected chi connectivity index (χ3v) is 4.46. The van der Waals surface area contributed by atoms with E-state index in [4.69, 9.17) is 20.8 Å². The Labute approximate surface area is 151 Å². The molecule has 4 aromatic rings. The Balaban J connectivity index is 1.33. The number of aromatic nitrogens is 3. The minimum Gasteiger partial charge on any atom is -0.458 e. The minimum absolute atomic E-state index is 0.103. The van der Waals surface area contributed by atoms with E-state index in [-0.39, 0.29) is 18.3 Å². The molecule has 3 aromatic heterocycles. The number of hydrogen-bond donors (Lipinski definition) is 0. The van der Waals surface area contributed by atoms with Gasteiger partial charge in [-0.3, -0.25) is 4.79 Å². The van der Waals surface area contributed by atoms with Crippen molar-refractivity contribution in [1.82, 2.24) is 14.4 Å². The lowest BCUT2D eigenvalue weighted by Crippen LogP contribution is -2.07. The molecule has 0 aliphatic heterocycles. The highest BCUT2D eigenvalue weighted by Crippen LogP contribution is 2.23. The van der Waals surface area contributed by atoms with Crippen molar-refractivity contribution in [2.75, 3.05) is 5.75 Å². The lowest BCUT2D eigenvalue weighted by molar-refractivity contribution is -0.141. The van der Waals surface area contributed by atoms with Gasteiger partial charge in [-0.1, -0.05) is 35.5 Å². The van der Waals surface area contributed by atoms with Crippen LogP contribution in [-0.4, -0.2) is 26.1 Å². The van der Waals surface area contributed by atoms with Crippen LogP contribution in [-0.2, 0) is 16.1 Å². The molecule has 0 fully saturated rings. The highest BCUT2D eigenvalue weighted by Gasteiger charge is 2.11. The van der Waals surface area contributed by atoms with Gasteiger partial charge in [0.05, 0.1) is 10.7 Å². The number of nitrogens with zero attached hydrogens (tertiary/aromatic N) is 3. The number of para-hydroxylation sites is 2. The van der Waals surface area contributed by atoms with Gasteiger partial charge in [0.15, 0.2) is 5.58 Å². The van der Waals surface area contributed by atoms with Crippen molar-refractivity contribution in [2.24, 2.45) is 0 Å². The van der Waals surface area contributed by atoms with Crippen LogP contribution in [0, 0.1) is 0 Å². The number of carbonyl (C=O) groups excluding carboxylic acids is 1. The topological polar surface area (TPSA) is 69.6 Å². The SMILES string of the molecule is O=C(CSc1nc2ccccc2o1)OCc1cn2cc(Cl)ccc2n1. The van der Waals surface area contributed by atoms with Gasteiger partial charge in [-0.15, -0.1) is 0 Å². The molecule has 0 amide bonds. The second kappa shape index (κ2) is 6.78. The number of ether oxygens (including phenoxy) is 1. The number of pyridine rings is 1. The number of rotatable bonds is 5. The summed E-state index contributed by atoms with van der Waals surface area (Å²) in [5, 5.41) is 1.06. The molecule has 1 aromatic carbocycles. The number of fused-ring (bicyclic) bond motifs is 2. The Kier molecular flexibility index (Phi) is 4.33. The lowest BCUT2D eigenvalue weighted by Gasteiger charge is -2.00. The average Bonchev–Trinajstić information content (AvgIpc) is 3.20. The number of hydrogen-bond acceptors (Lipinski definition) is 6. The molecule has 0 saturated heterocycles. The first kappa shape index (κ1) is 16.0. The first-order valence-corrected chi connectivity index (χ1v) is 8.81. The standard InChI is InChI=1S/C17H12ClN3O3S/c18-11-5-6-15-19-12(8-21(15)7-11)9-23-16(22)10-25-17-20-13-3-1-2-4-14(13)24-17/h1-8H,9-10H2. The van der Waals surface area contributed by atoms with Crippen molar-refractivity contribution in [3.05, 3.63) is 59.5 Å². The molecule has 0 atom stereocenters. The van der Waals surface area contributed by atoms with Crippen molar-refractivity contribution in [1.29, 1.82) is 0 Å². The van der Waals surface area contributed by atoms with Crippen molar-refractivity contribution in [3.63, 3.8) is 0 Å². The van der Waals surface area contributed by atoms with E-state index in [0.717, 1.165) is 11.2 Å². The van der Waals surface area contributed by atoms with Crippen molar-refractivity contribution < 1.29 is 13.9 Å². The van der Waals surface area contributed by atoms with E-state index in [1.807, 2.05) is 24.3 Å². The van der Waals surface area contributed by atoms with Gasteiger partial charge in [0.2, 0.25) is 0 Å². The normalized spacial score (nSPS) is 11.2. The molecule has 126 valence electrons. The highest BCUT2D eigenvalue weighted by molar-refractivity contribution is 7.99. The van der Waals surface area contributed by atoms with Crippen LogP contribution in [0.1, 0.15) is 5.69 Å². The Morgan fingerprint density at radius 3 is 2.96 bits per heavy atom. The summed E-state index contributed by atoms with van der Waals surface area (Å²) in [6.45, 7) is 0.103. The first-order chi connectivity index (χ1) is 12.2. The van der Waals surface area contributed by atoms with E-state index < -0.39 is 0 Å². The molecule has 0 saturated carbocycles. The Bertz CT molecular complexity index is 1030. The number of halogens is 1. The van der Waals surface area contributed by atoms with Gasteiger partial charge in [0.25, 0.3) is 5.22 Å². The summed E-state index contributed by atoms with van der Waals surface area (Å²) >= 11 is 7.13. The molecule has 0 spiro atoms. The van der Waals surface area contributed by atoms with Crippen LogP contribution in [0.4, 0.5) is 0 Å². The van der Waals surface area contributed by atoms with E-state index in [1.54, 1.807) is 28.9 Å². The highest BCUT2D eigenvalue weighted by atomic mass is 35.5. The van der Waals surface area contributed by atoms with Crippen LogP contribution in [0.5, 0.6) is 0 Å². The summed E-state index contributed by atoms with van der Waals surface area (Å²) in [6, 6.07) is 11.0. The first-order valence-electron chi connectivity index (χ1n) is 7.44. The molecule has 4 rings (SSSR count). The van der Waals surface area contributed by atoms with E-state index in [9.17, 15) is 4.79 Å². The van der Waals surface area contributed by atoms with Crippen molar-refractivity contribution >= 4 is 46.1 Å². The quantitative estimate of drug-likeness (QED) is 0.389. The number of benzene rings is 1. The average molecular weight is 374 g/mol. The van der Waals surface area contributed by atoms with Gasteiger partial charge in [-0.25, -0.2) is 9.97 Å². The molecule has 25 heavy (non-hydrogen) atoms. The molecule has 3 heterocycles. The molecule has 0 aliphatic rings. The van der Waals surface area contributed by atoms with Gasteiger partial charge in [0, 0.05) is 12.4 Å². The van der Waals surface area contributed by atoms with E-state index >= 15 is 0 Å². The van der Waals surface area contributed by atoms with Crippen LogP contribution in [0.3, 0.4) is 0 Å². The molecule has 0 bridgehead atoms. The van der Waals surface area contributed by atoms with E-state index in [1.165, 1.54) is 11.8 Å². The van der Waals surface area contributed by atoms with Gasteiger partial charge in [-0.05, 0) is 24.3 Å². The monoisotopic (exact) mass is 373 g/mol. The van der Waals surface area contributed by atoms with Crippen LogP contribution < -0.4 is 0 Å². The number of carbonyl (C=O) groups is 1. The fourth-order valence-electron chi connectivity index (χ4n) is 2.32. The summed E-state index contributed by atoms with van der Waals surface area (Å²) in [5.41, 5.74) is 2.86. The molecule has 0 N–H and O–H groups in total. The van der Waals surface area contributed by atoms with Crippen LogP contribution in [0.2, 0.25) is 5.02 Å². The molecule has 6 nitrogen and oxygen atoms in total. The van der Waals surface area contributed by atoms with Gasteiger partial charge >= 0.3 is 5.97 Å². The molecule has 0 unspecified atom stereocenters. The fraction of sp³-hybridized carbons (Fsp3) is 0.118. The third-order valence-electron chi connectivity index (χ3n) is 3.43. The maximum atomic E-state index is 11.9. The summed E-state index contributed by atoms with van der Waals surface area (Å²) in [5.74, 6) is -0.242. The van der Waals surface area contributed by atoms with E-state index in [0.29, 0.717) is 21.5 Å². The molecular formula is C17H12ClN3O3S. The lowest BCUT2D eigenvalue weighted by atomic mass is 10.3. The predicted octanol–water partition coefficient (Wildman–Crippen LogP) is 3.96. The third kappa shape index (κ3) is 3.62. The van der Waals surface area contributed by atoms with Crippen molar-refractivity contribution in [3.8, 4) is 0 Å². The molecule has 0 radical (unpaired) electrons. The molecular weight excluding hydrogens is 362 g/mol. The summed E-state index contributed by atoms with van der Waals surface area (Å²) in [6.07, 6.45) is 3.53. The smallest absolute Gasteiger partial charge is 0.316 e. The van der Waals surface area contributed by atoms with Gasteiger partial charge in [0.1, 0.15) is 23.5 Å². The fourth-order valence-corrected chi connectivity index (χ4v) is 3.12. The molecule has 0 aliphatic carbocycles. The Hall–Kier alpha value is -2.51. The second-order valence-electron chi connectivity index (χ2n) is 5.24. The summed E-state index contributed by atoms with van der Waals surface area (Å²) < 4.78 is 12.6. The van der Waals surface area contributed by atoms with Crippen LogP contribution >= 0.6 is 23.4 Å². The number of imidazole rings is 1.